The Morgan fingerprint density at radius 3 is 2.75 bits per heavy atom. The Morgan fingerprint density at radius 2 is 1.94 bits per heavy atom. The molecule has 0 spiro atoms. The van der Waals surface area contributed by atoms with Crippen LogP contribution in [0.25, 0.3) is 10.8 Å². The van der Waals surface area contributed by atoms with E-state index in [1.807, 2.05) is 6.07 Å². The molecule has 0 aliphatic carbocycles. The van der Waals surface area contributed by atoms with Crippen LogP contribution in [0.5, 0.6) is 17.4 Å². The lowest BCUT2D eigenvalue weighted by molar-refractivity contribution is 0.0959. The molecule has 0 atom stereocenters. The molecule has 2 N–H and O–H groups in total. The lowest BCUT2D eigenvalue weighted by Crippen LogP contribution is -2.22. The lowest BCUT2D eigenvalue weighted by atomic mass is 10.1. The summed E-state index contributed by atoms with van der Waals surface area (Å²) in [6.07, 6.45) is 1.35. The molecule has 0 unspecified atom stereocenters. The molecule has 32 heavy (non-hydrogen) atoms. The van der Waals surface area contributed by atoms with Crippen LogP contribution in [0, 0.1) is 0 Å². The van der Waals surface area contributed by atoms with Gasteiger partial charge in [-0.1, -0.05) is 30.3 Å². The standard InChI is InChI=1S/C23H17N3O5S/c27-21(20-6-3-9-32-20)25-24-11-17-15-4-1-2-5-16(15)22(28)26(23(17)29)12-14-7-8-18-19(10-14)31-13-30-18/h1-11,29H,12-13H2,(H,25,27). The maximum atomic E-state index is 13.1. The maximum absolute atomic E-state index is 13.1. The fraction of sp³-hybridized carbons (Fsp3) is 0.0870. The summed E-state index contributed by atoms with van der Waals surface area (Å²) in [6, 6.07) is 15.8. The smallest absolute Gasteiger partial charge is 0.281 e. The predicted molar refractivity (Wildman–Crippen MR) is 121 cm³/mol. The number of pyridine rings is 1. The molecule has 1 aliphatic rings. The van der Waals surface area contributed by atoms with E-state index >= 15 is 0 Å². The van der Waals surface area contributed by atoms with Crippen LogP contribution in [0.1, 0.15) is 20.8 Å². The second-order valence-corrected chi connectivity index (χ2v) is 7.99. The molecule has 0 bridgehead atoms. The number of amides is 1. The fourth-order valence-corrected chi connectivity index (χ4v) is 4.14. The SMILES string of the molecule is O=C(NN=Cc1c(O)n(Cc2ccc3c(c2)OCO3)c(=O)c2ccccc12)c1cccs1. The van der Waals surface area contributed by atoms with E-state index in [9.17, 15) is 14.7 Å². The zero-order valence-electron chi connectivity index (χ0n) is 16.6. The highest BCUT2D eigenvalue weighted by atomic mass is 32.1. The Kier molecular flexibility index (Phi) is 5.08. The Bertz CT molecular complexity index is 1410. The van der Waals surface area contributed by atoms with Crippen molar-refractivity contribution >= 4 is 34.2 Å². The van der Waals surface area contributed by atoms with E-state index in [4.69, 9.17) is 9.47 Å². The number of ether oxygens (including phenoxy) is 2. The van der Waals surface area contributed by atoms with Gasteiger partial charge in [-0.3, -0.25) is 14.2 Å². The first-order valence-electron chi connectivity index (χ1n) is 9.72. The van der Waals surface area contributed by atoms with Crippen LogP contribution in [0.4, 0.5) is 0 Å². The number of hydrazone groups is 1. The van der Waals surface area contributed by atoms with E-state index in [0.29, 0.717) is 32.7 Å². The van der Waals surface area contributed by atoms with Crippen molar-refractivity contribution in [3.05, 3.63) is 86.3 Å². The van der Waals surface area contributed by atoms with Gasteiger partial charge in [0.2, 0.25) is 12.7 Å². The molecule has 8 nitrogen and oxygen atoms in total. The van der Waals surface area contributed by atoms with Gasteiger partial charge in [0, 0.05) is 10.8 Å². The van der Waals surface area contributed by atoms with Crippen molar-refractivity contribution in [3.63, 3.8) is 0 Å². The topological polar surface area (TPSA) is 102 Å². The van der Waals surface area contributed by atoms with Crippen molar-refractivity contribution in [2.45, 2.75) is 6.54 Å². The minimum atomic E-state index is -0.353. The number of benzene rings is 2. The number of carbonyl (C=O) groups excluding carboxylic acids is 1. The molecule has 0 saturated carbocycles. The number of hydrogen-bond donors (Lipinski definition) is 2. The average molecular weight is 447 g/mol. The third-order valence-corrected chi connectivity index (χ3v) is 5.94. The van der Waals surface area contributed by atoms with Gasteiger partial charge >= 0.3 is 0 Å². The molecule has 0 radical (unpaired) electrons. The second-order valence-electron chi connectivity index (χ2n) is 7.04. The van der Waals surface area contributed by atoms with Crippen molar-refractivity contribution in [1.82, 2.24) is 9.99 Å². The van der Waals surface area contributed by atoms with Gasteiger partial charge in [-0.25, -0.2) is 5.43 Å². The van der Waals surface area contributed by atoms with Crippen LogP contribution in [-0.4, -0.2) is 28.6 Å². The van der Waals surface area contributed by atoms with Crippen LogP contribution < -0.4 is 20.5 Å². The highest BCUT2D eigenvalue weighted by molar-refractivity contribution is 7.12. The monoisotopic (exact) mass is 447 g/mol. The van der Waals surface area contributed by atoms with Crippen molar-refractivity contribution in [2.24, 2.45) is 5.10 Å². The van der Waals surface area contributed by atoms with Gasteiger partial charge in [0.25, 0.3) is 11.5 Å². The summed E-state index contributed by atoms with van der Waals surface area (Å²) in [5.74, 6) is 0.626. The average Bonchev–Trinajstić information content (AvgIpc) is 3.51. The number of aromatic hydroxyl groups is 1. The second kappa shape index (κ2) is 8.20. The number of thiophene rings is 1. The third kappa shape index (κ3) is 3.58. The van der Waals surface area contributed by atoms with Crippen LogP contribution in [0.3, 0.4) is 0 Å². The minimum absolute atomic E-state index is 0.120. The van der Waals surface area contributed by atoms with E-state index < -0.39 is 0 Å². The quantitative estimate of drug-likeness (QED) is 0.361. The minimum Gasteiger partial charge on any atom is -0.494 e. The highest BCUT2D eigenvalue weighted by Crippen LogP contribution is 2.33. The van der Waals surface area contributed by atoms with Gasteiger partial charge in [-0.05, 0) is 35.2 Å². The van der Waals surface area contributed by atoms with Gasteiger partial charge in [0.05, 0.1) is 23.2 Å². The summed E-state index contributed by atoms with van der Waals surface area (Å²) in [5.41, 5.74) is 3.20. The van der Waals surface area contributed by atoms with Gasteiger partial charge in [0.15, 0.2) is 11.5 Å². The molecule has 0 saturated heterocycles. The number of rotatable bonds is 5. The first-order chi connectivity index (χ1) is 15.6. The molecule has 1 aliphatic heterocycles. The Balaban J connectivity index is 1.53. The summed E-state index contributed by atoms with van der Waals surface area (Å²) >= 11 is 1.30. The number of fused-ring (bicyclic) bond motifs is 2. The van der Waals surface area contributed by atoms with Gasteiger partial charge in [0.1, 0.15) is 0 Å². The highest BCUT2D eigenvalue weighted by Gasteiger charge is 2.18. The van der Waals surface area contributed by atoms with E-state index in [2.05, 4.69) is 10.5 Å². The number of hydrogen-bond acceptors (Lipinski definition) is 7. The van der Waals surface area contributed by atoms with Crippen LogP contribution in [0.2, 0.25) is 0 Å². The molecule has 160 valence electrons. The Labute approximate surface area is 186 Å². The Morgan fingerprint density at radius 1 is 1.12 bits per heavy atom. The van der Waals surface area contributed by atoms with E-state index in [1.54, 1.807) is 53.9 Å². The number of nitrogens with one attached hydrogen (secondary N) is 1. The molecule has 9 heteroatoms. The van der Waals surface area contributed by atoms with Crippen LogP contribution >= 0.6 is 11.3 Å². The van der Waals surface area contributed by atoms with Gasteiger partial charge in [-0.15, -0.1) is 11.3 Å². The molecular formula is C23H17N3O5S. The normalized spacial score (nSPS) is 12.5. The summed E-state index contributed by atoms with van der Waals surface area (Å²) < 4.78 is 12.0. The fourth-order valence-electron chi connectivity index (χ4n) is 3.53. The van der Waals surface area contributed by atoms with Crippen LogP contribution in [-0.2, 0) is 6.54 Å². The first kappa shape index (κ1) is 19.8. The number of carbonyl (C=O) groups is 1. The summed E-state index contributed by atoms with van der Waals surface area (Å²) in [5, 5.41) is 17.7. The van der Waals surface area contributed by atoms with Crippen molar-refractivity contribution in [1.29, 1.82) is 0 Å². The van der Waals surface area contributed by atoms with E-state index in [0.717, 1.165) is 5.56 Å². The molecule has 0 fully saturated rings. The van der Waals surface area contributed by atoms with E-state index in [1.165, 1.54) is 22.1 Å². The number of aromatic nitrogens is 1. The Hall–Kier alpha value is -4.11. The largest absolute Gasteiger partial charge is 0.494 e. The summed E-state index contributed by atoms with van der Waals surface area (Å²) in [6.45, 7) is 0.270. The van der Waals surface area contributed by atoms with Gasteiger partial charge < -0.3 is 14.6 Å². The maximum Gasteiger partial charge on any atom is 0.281 e. The molecule has 3 heterocycles. The molecule has 1 amide bonds. The van der Waals surface area contributed by atoms with Crippen molar-refractivity contribution in [3.8, 4) is 17.4 Å². The lowest BCUT2D eigenvalue weighted by Gasteiger charge is -2.14. The van der Waals surface area contributed by atoms with Gasteiger partial charge in [-0.2, -0.15) is 5.10 Å². The van der Waals surface area contributed by atoms with Crippen molar-refractivity contribution in [2.75, 3.05) is 6.79 Å². The first-order valence-corrected chi connectivity index (χ1v) is 10.6. The van der Waals surface area contributed by atoms with E-state index in [-0.39, 0.29) is 30.7 Å². The predicted octanol–water partition coefficient (Wildman–Crippen LogP) is 3.31. The summed E-state index contributed by atoms with van der Waals surface area (Å²) in [4.78, 5) is 25.8. The molecule has 5 rings (SSSR count). The zero-order valence-corrected chi connectivity index (χ0v) is 17.5. The van der Waals surface area contributed by atoms with Crippen molar-refractivity contribution < 1.29 is 19.4 Å². The zero-order chi connectivity index (χ0) is 22.1. The third-order valence-electron chi connectivity index (χ3n) is 5.07. The number of nitrogens with zero attached hydrogens (tertiary/aromatic N) is 2. The molecule has 2 aromatic carbocycles. The molecule has 4 aromatic rings. The summed E-state index contributed by atoms with van der Waals surface area (Å²) in [7, 11) is 0. The van der Waals surface area contributed by atoms with Crippen LogP contribution in [0.15, 0.2) is 69.9 Å². The molecular weight excluding hydrogens is 430 g/mol. The molecule has 2 aromatic heterocycles.